The van der Waals surface area contributed by atoms with Crippen molar-refractivity contribution in [3.05, 3.63) is 41.3 Å². The van der Waals surface area contributed by atoms with Gasteiger partial charge in [0, 0.05) is 24.5 Å². The molecule has 0 saturated carbocycles. The Morgan fingerprint density at radius 3 is 2.86 bits per heavy atom. The van der Waals surface area contributed by atoms with E-state index in [1.54, 1.807) is 24.0 Å². The van der Waals surface area contributed by atoms with Crippen molar-refractivity contribution in [3.8, 4) is 0 Å². The first kappa shape index (κ1) is 14.9. The zero-order chi connectivity index (χ0) is 15.9. The predicted octanol–water partition coefficient (Wildman–Crippen LogP) is 2.93. The lowest BCUT2D eigenvalue weighted by molar-refractivity contribution is -0.0764. The number of halogens is 1. The Morgan fingerprint density at radius 1 is 1.36 bits per heavy atom. The minimum Gasteiger partial charge on any atom is -0.372 e. The van der Waals surface area contributed by atoms with Crippen LogP contribution in [-0.4, -0.2) is 41.1 Å². The van der Waals surface area contributed by atoms with Crippen LogP contribution in [0, 0.1) is 12.7 Å². The lowest BCUT2D eigenvalue weighted by Crippen LogP contribution is -2.50. The molecule has 1 aliphatic rings. The number of amides is 1. The highest BCUT2D eigenvalue weighted by atomic mass is 19.1. The zero-order valence-electron chi connectivity index (χ0n) is 13.0. The molecule has 1 aromatic carbocycles. The number of morpholine rings is 1. The van der Waals surface area contributed by atoms with Crippen LogP contribution in [0.1, 0.15) is 29.9 Å². The molecular formula is C17H19FN2O2. The Kier molecular flexibility index (Phi) is 3.60. The molecular weight excluding hydrogens is 283 g/mol. The van der Waals surface area contributed by atoms with Gasteiger partial charge in [0.1, 0.15) is 5.82 Å². The molecule has 1 aliphatic heterocycles. The number of rotatable bonds is 1. The van der Waals surface area contributed by atoms with Gasteiger partial charge in [-0.3, -0.25) is 9.78 Å². The molecule has 0 N–H and O–H groups in total. The van der Waals surface area contributed by atoms with Gasteiger partial charge in [-0.05, 0) is 39.0 Å². The number of benzene rings is 1. The van der Waals surface area contributed by atoms with E-state index in [4.69, 9.17) is 4.74 Å². The molecule has 3 rings (SSSR count). The van der Waals surface area contributed by atoms with Crippen molar-refractivity contribution in [3.63, 3.8) is 0 Å². The van der Waals surface area contributed by atoms with E-state index in [9.17, 15) is 9.18 Å². The first-order chi connectivity index (χ1) is 10.4. The van der Waals surface area contributed by atoms with Gasteiger partial charge in [-0.1, -0.05) is 0 Å². The van der Waals surface area contributed by atoms with E-state index in [-0.39, 0.29) is 17.3 Å². The van der Waals surface area contributed by atoms with Gasteiger partial charge >= 0.3 is 0 Å². The Bertz CT molecular complexity index is 743. The van der Waals surface area contributed by atoms with Crippen LogP contribution in [0.5, 0.6) is 0 Å². The van der Waals surface area contributed by atoms with Crippen LogP contribution >= 0.6 is 0 Å². The van der Waals surface area contributed by atoms with Gasteiger partial charge in [-0.25, -0.2) is 4.39 Å². The minimum atomic E-state index is -0.338. The summed E-state index contributed by atoms with van der Waals surface area (Å²) in [5.74, 6) is -0.374. The number of carbonyl (C=O) groups excluding carboxylic acids is 1. The number of hydrogen-bond donors (Lipinski definition) is 0. The van der Waals surface area contributed by atoms with Crippen LogP contribution in [0.3, 0.4) is 0 Å². The van der Waals surface area contributed by atoms with Gasteiger partial charge in [0.15, 0.2) is 0 Å². The Hall–Kier alpha value is -2.01. The molecule has 2 heterocycles. The van der Waals surface area contributed by atoms with Gasteiger partial charge in [0.25, 0.3) is 5.91 Å². The monoisotopic (exact) mass is 302 g/mol. The van der Waals surface area contributed by atoms with Gasteiger partial charge < -0.3 is 9.64 Å². The molecule has 22 heavy (non-hydrogen) atoms. The van der Waals surface area contributed by atoms with Crippen molar-refractivity contribution >= 4 is 16.8 Å². The maximum atomic E-state index is 13.3. The number of pyridine rings is 1. The number of aryl methyl sites for hydroxylation is 1. The summed E-state index contributed by atoms with van der Waals surface area (Å²) < 4.78 is 18.9. The molecule has 1 aromatic heterocycles. The molecule has 0 spiro atoms. The molecule has 0 bridgehead atoms. The topological polar surface area (TPSA) is 42.4 Å². The molecule has 0 radical (unpaired) electrons. The molecule has 1 amide bonds. The van der Waals surface area contributed by atoms with Crippen molar-refractivity contribution in [2.75, 3.05) is 19.7 Å². The molecule has 2 aromatic rings. The standard InChI is InChI=1S/C17H19FN2O2/c1-11-14(8-12-4-5-13(18)9-15(12)19-11)16(21)20-6-7-22-17(2,3)10-20/h4-5,8-9H,6-7,10H2,1-3H3. The average molecular weight is 302 g/mol. The van der Waals surface area contributed by atoms with Gasteiger partial charge in [0.2, 0.25) is 0 Å². The summed E-state index contributed by atoms with van der Waals surface area (Å²) in [7, 11) is 0. The van der Waals surface area contributed by atoms with Crippen molar-refractivity contribution in [2.45, 2.75) is 26.4 Å². The van der Waals surface area contributed by atoms with E-state index in [1.807, 2.05) is 13.8 Å². The Balaban J connectivity index is 1.97. The third-order valence-electron chi connectivity index (χ3n) is 3.91. The molecule has 1 fully saturated rings. The van der Waals surface area contributed by atoms with E-state index >= 15 is 0 Å². The third kappa shape index (κ3) is 2.81. The second-order valence-corrected chi connectivity index (χ2v) is 6.29. The van der Waals surface area contributed by atoms with Crippen LogP contribution in [0.2, 0.25) is 0 Å². The maximum absolute atomic E-state index is 13.3. The summed E-state index contributed by atoms with van der Waals surface area (Å²) in [6.45, 7) is 7.38. The maximum Gasteiger partial charge on any atom is 0.255 e. The van der Waals surface area contributed by atoms with Crippen LogP contribution < -0.4 is 0 Å². The second-order valence-electron chi connectivity index (χ2n) is 6.29. The number of fused-ring (bicyclic) bond motifs is 1. The smallest absolute Gasteiger partial charge is 0.255 e. The largest absolute Gasteiger partial charge is 0.372 e. The minimum absolute atomic E-state index is 0.0485. The molecule has 1 saturated heterocycles. The number of ether oxygens (including phenoxy) is 1. The summed E-state index contributed by atoms with van der Waals surface area (Å²) in [4.78, 5) is 18.9. The SMILES string of the molecule is Cc1nc2cc(F)ccc2cc1C(=O)N1CCOC(C)(C)C1. The Morgan fingerprint density at radius 2 is 2.14 bits per heavy atom. The van der Waals surface area contributed by atoms with Crippen LogP contribution in [0.15, 0.2) is 24.3 Å². The molecule has 116 valence electrons. The van der Waals surface area contributed by atoms with Gasteiger partial charge in [-0.15, -0.1) is 0 Å². The van der Waals surface area contributed by atoms with Crippen molar-refractivity contribution < 1.29 is 13.9 Å². The van der Waals surface area contributed by atoms with E-state index in [2.05, 4.69) is 4.98 Å². The van der Waals surface area contributed by atoms with E-state index in [0.29, 0.717) is 36.5 Å². The fourth-order valence-electron chi connectivity index (χ4n) is 2.81. The van der Waals surface area contributed by atoms with Gasteiger partial charge in [-0.2, -0.15) is 0 Å². The summed E-state index contributed by atoms with van der Waals surface area (Å²) in [6.07, 6.45) is 0. The molecule has 0 atom stereocenters. The van der Waals surface area contributed by atoms with E-state index < -0.39 is 0 Å². The molecule has 0 aliphatic carbocycles. The highest BCUT2D eigenvalue weighted by Crippen LogP contribution is 2.22. The second kappa shape index (κ2) is 5.32. The predicted molar refractivity (Wildman–Crippen MR) is 82.4 cm³/mol. The fraction of sp³-hybridized carbons (Fsp3) is 0.412. The van der Waals surface area contributed by atoms with Crippen molar-refractivity contribution in [1.29, 1.82) is 0 Å². The molecule has 5 heteroatoms. The summed E-state index contributed by atoms with van der Waals surface area (Å²) >= 11 is 0. The lowest BCUT2D eigenvalue weighted by atomic mass is 10.0. The first-order valence-electron chi connectivity index (χ1n) is 7.36. The van der Waals surface area contributed by atoms with Crippen molar-refractivity contribution in [1.82, 2.24) is 9.88 Å². The van der Waals surface area contributed by atoms with Crippen LogP contribution in [0.25, 0.3) is 10.9 Å². The average Bonchev–Trinajstić information content (AvgIpc) is 2.44. The number of nitrogens with zero attached hydrogens (tertiary/aromatic N) is 2. The van der Waals surface area contributed by atoms with Crippen LogP contribution in [-0.2, 0) is 4.74 Å². The summed E-state index contributed by atoms with van der Waals surface area (Å²) in [5, 5.41) is 0.767. The van der Waals surface area contributed by atoms with Gasteiger partial charge in [0.05, 0.1) is 29.0 Å². The molecule has 0 unspecified atom stereocenters. The van der Waals surface area contributed by atoms with E-state index in [0.717, 1.165) is 5.39 Å². The quantitative estimate of drug-likeness (QED) is 0.813. The lowest BCUT2D eigenvalue weighted by Gasteiger charge is -2.38. The third-order valence-corrected chi connectivity index (χ3v) is 3.91. The highest BCUT2D eigenvalue weighted by molar-refractivity contribution is 5.98. The van der Waals surface area contributed by atoms with Crippen LogP contribution in [0.4, 0.5) is 4.39 Å². The van der Waals surface area contributed by atoms with E-state index in [1.165, 1.54) is 12.1 Å². The number of hydrogen-bond acceptors (Lipinski definition) is 3. The Labute approximate surface area is 128 Å². The zero-order valence-corrected chi connectivity index (χ0v) is 13.0. The number of carbonyl (C=O) groups is 1. The first-order valence-corrected chi connectivity index (χ1v) is 7.36. The normalized spacial score (nSPS) is 17.7. The van der Waals surface area contributed by atoms with Crippen molar-refractivity contribution in [2.24, 2.45) is 0 Å². The summed E-state index contributed by atoms with van der Waals surface area (Å²) in [5.41, 5.74) is 1.41. The molecule has 4 nitrogen and oxygen atoms in total. The highest BCUT2D eigenvalue weighted by Gasteiger charge is 2.31. The fourth-order valence-corrected chi connectivity index (χ4v) is 2.81. The summed E-state index contributed by atoms with van der Waals surface area (Å²) in [6, 6.07) is 6.21. The number of aromatic nitrogens is 1.